The van der Waals surface area contributed by atoms with Crippen LogP contribution in [0, 0.1) is 0 Å². The molecule has 0 aliphatic rings. The Bertz CT molecular complexity index is 565. The van der Waals surface area contributed by atoms with Crippen molar-refractivity contribution in [3.05, 3.63) is 36.8 Å². The number of hydrogen-bond acceptors (Lipinski definition) is 6. The maximum atomic E-state index is 5.16. The molecular formula is C13H15N5OS2. The summed E-state index contributed by atoms with van der Waals surface area (Å²) in [4.78, 5) is 12.6. The number of rotatable bonds is 6. The fourth-order valence-electron chi connectivity index (χ4n) is 1.39. The van der Waals surface area contributed by atoms with Crippen LogP contribution in [0.25, 0.3) is 0 Å². The van der Waals surface area contributed by atoms with Crippen molar-refractivity contribution in [2.75, 3.05) is 25.6 Å². The van der Waals surface area contributed by atoms with Crippen LogP contribution < -0.4 is 10.6 Å². The van der Waals surface area contributed by atoms with E-state index in [1.165, 1.54) is 11.8 Å². The van der Waals surface area contributed by atoms with Gasteiger partial charge in [-0.05, 0) is 42.2 Å². The first kappa shape index (κ1) is 15.6. The van der Waals surface area contributed by atoms with Gasteiger partial charge in [-0.1, -0.05) is 0 Å². The van der Waals surface area contributed by atoms with Crippen molar-refractivity contribution in [2.45, 2.75) is 10.2 Å². The summed E-state index contributed by atoms with van der Waals surface area (Å²) in [5.41, 5.74) is 0.822. The molecule has 0 aliphatic carbocycles. The molecule has 0 spiro atoms. The Hall–Kier alpha value is -1.77. The van der Waals surface area contributed by atoms with Crippen LogP contribution in [0.2, 0.25) is 0 Å². The Morgan fingerprint density at radius 2 is 2.10 bits per heavy atom. The van der Waals surface area contributed by atoms with Crippen LogP contribution in [0.3, 0.4) is 0 Å². The van der Waals surface area contributed by atoms with Gasteiger partial charge in [-0.3, -0.25) is 0 Å². The smallest absolute Gasteiger partial charge is 0.193 e. The number of nitrogens with one attached hydrogen (secondary N) is 2. The third-order valence-corrected chi connectivity index (χ3v) is 3.41. The normalized spacial score (nSPS) is 10.1. The molecule has 2 aromatic heterocycles. The van der Waals surface area contributed by atoms with E-state index in [1.54, 1.807) is 31.8 Å². The lowest BCUT2D eigenvalue weighted by molar-refractivity contribution is 0.204. The van der Waals surface area contributed by atoms with Crippen molar-refractivity contribution in [3.8, 4) is 0 Å². The van der Waals surface area contributed by atoms with E-state index in [-0.39, 0.29) is 0 Å². The molecule has 2 aromatic rings. The second kappa shape index (κ2) is 8.50. The average Bonchev–Trinajstić information content (AvgIpc) is 2.51. The molecule has 21 heavy (non-hydrogen) atoms. The molecule has 110 valence electrons. The van der Waals surface area contributed by atoms with Crippen LogP contribution in [0.15, 0.2) is 47.0 Å². The highest BCUT2D eigenvalue weighted by Gasteiger charge is 2.02. The molecule has 2 heterocycles. The van der Waals surface area contributed by atoms with Gasteiger partial charge in [-0.15, -0.1) is 0 Å². The van der Waals surface area contributed by atoms with Crippen LogP contribution in [0.5, 0.6) is 0 Å². The summed E-state index contributed by atoms with van der Waals surface area (Å²) in [7, 11) is 1.65. The maximum absolute atomic E-state index is 5.16. The van der Waals surface area contributed by atoms with Crippen molar-refractivity contribution in [2.24, 2.45) is 0 Å². The predicted molar refractivity (Wildman–Crippen MR) is 86.5 cm³/mol. The largest absolute Gasteiger partial charge is 0.383 e. The summed E-state index contributed by atoms with van der Waals surface area (Å²) >= 11 is 6.56. The highest BCUT2D eigenvalue weighted by Crippen LogP contribution is 2.22. The predicted octanol–water partition coefficient (Wildman–Crippen LogP) is 1.96. The molecule has 0 radical (unpaired) electrons. The fourth-order valence-corrected chi connectivity index (χ4v) is 2.26. The highest BCUT2D eigenvalue weighted by atomic mass is 32.2. The minimum absolute atomic E-state index is 0.542. The number of anilines is 1. The maximum Gasteiger partial charge on any atom is 0.193 e. The van der Waals surface area contributed by atoms with E-state index in [0.717, 1.165) is 10.7 Å². The van der Waals surface area contributed by atoms with Gasteiger partial charge < -0.3 is 15.4 Å². The minimum Gasteiger partial charge on any atom is -0.383 e. The van der Waals surface area contributed by atoms with Gasteiger partial charge in [0, 0.05) is 26.0 Å². The first-order valence-electron chi connectivity index (χ1n) is 6.22. The van der Waals surface area contributed by atoms with E-state index < -0.39 is 0 Å². The Morgan fingerprint density at radius 1 is 1.29 bits per heavy atom. The van der Waals surface area contributed by atoms with Crippen LogP contribution in [0.1, 0.15) is 0 Å². The topological polar surface area (TPSA) is 72.0 Å². The van der Waals surface area contributed by atoms with Crippen molar-refractivity contribution in [3.63, 3.8) is 0 Å². The van der Waals surface area contributed by atoms with Crippen LogP contribution >= 0.6 is 24.0 Å². The van der Waals surface area contributed by atoms with E-state index in [1.807, 2.05) is 12.1 Å². The third-order valence-electron chi connectivity index (χ3n) is 2.32. The zero-order chi connectivity index (χ0) is 14.9. The molecule has 6 nitrogen and oxygen atoms in total. The monoisotopic (exact) mass is 321 g/mol. The molecule has 8 heteroatoms. The molecule has 0 saturated heterocycles. The molecule has 0 amide bonds. The summed E-state index contributed by atoms with van der Waals surface area (Å²) in [6, 6.07) is 5.58. The lowest BCUT2D eigenvalue weighted by Gasteiger charge is -2.09. The number of ether oxygens (including phenoxy) is 1. The Kier molecular flexibility index (Phi) is 6.32. The third kappa shape index (κ3) is 5.62. The molecule has 0 atom stereocenters. The van der Waals surface area contributed by atoms with Gasteiger partial charge in [0.2, 0.25) is 0 Å². The molecule has 0 saturated carbocycles. The van der Waals surface area contributed by atoms with Gasteiger partial charge in [-0.25, -0.2) is 15.0 Å². The first-order chi connectivity index (χ1) is 10.3. The van der Waals surface area contributed by atoms with Gasteiger partial charge in [0.15, 0.2) is 10.3 Å². The van der Waals surface area contributed by atoms with Crippen molar-refractivity contribution < 1.29 is 4.74 Å². The number of hydrogen-bond donors (Lipinski definition) is 2. The zero-order valence-electron chi connectivity index (χ0n) is 11.4. The van der Waals surface area contributed by atoms with Crippen molar-refractivity contribution >= 4 is 34.8 Å². The lowest BCUT2D eigenvalue weighted by atomic mass is 10.4. The number of nitrogens with zero attached hydrogens (tertiary/aromatic N) is 3. The van der Waals surface area contributed by atoms with Gasteiger partial charge in [-0.2, -0.15) is 0 Å². The molecular weight excluding hydrogens is 306 g/mol. The van der Waals surface area contributed by atoms with Crippen LogP contribution in [-0.4, -0.2) is 40.3 Å². The van der Waals surface area contributed by atoms with Gasteiger partial charge in [0.1, 0.15) is 5.03 Å². The van der Waals surface area contributed by atoms with E-state index >= 15 is 0 Å². The molecule has 2 N–H and O–H groups in total. The fraction of sp³-hybridized carbons (Fsp3) is 0.231. The summed E-state index contributed by atoms with van der Waals surface area (Å²) in [5, 5.41) is 8.12. The minimum atomic E-state index is 0.542. The van der Waals surface area contributed by atoms with Crippen molar-refractivity contribution in [1.82, 2.24) is 20.3 Å². The number of methoxy groups -OCH3 is 1. The average molecular weight is 321 g/mol. The lowest BCUT2D eigenvalue weighted by Crippen LogP contribution is -2.31. The molecule has 2 rings (SSSR count). The standard InChI is InChI=1S/C13H15N5OS2/c1-19-8-7-14-12(20)18-10-3-4-11(17-9-10)21-13-15-5-2-6-16-13/h2-6,9H,7-8H2,1H3,(H2,14,18,20). The number of pyridine rings is 1. The van der Waals surface area contributed by atoms with E-state index in [0.29, 0.717) is 23.4 Å². The Balaban J connectivity index is 1.85. The summed E-state index contributed by atoms with van der Waals surface area (Å²) in [5.74, 6) is 0. The van der Waals surface area contributed by atoms with Gasteiger partial charge in [0.05, 0.1) is 18.5 Å². The zero-order valence-corrected chi connectivity index (χ0v) is 13.1. The van der Waals surface area contributed by atoms with Gasteiger partial charge >= 0.3 is 0 Å². The Labute approximate surface area is 132 Å². The number of aromatic nitrogens is 3. The van der Waals surface area contributed by atoms with E-state index in [9.17, 15) is 0 Å². The second-order valence-corrected chi connectivity index (χ2v) is 5.29. The molecule has 0 aliphatic heterocycles. The quantitative estimate of drug-likeness (QED) is 0.475. The van der Waals surface area contributed by atoms with E-state index in [2.05, 4.69) is 25.6 Å². The Morgan fingerprint density at radius 3 is 2.76 bits per heavy atom. The molecule has 0 aromatic carbocycles. The summed E-state index contributed by atoms with van der Waals surface area (Å²) < 4.78 is 4.94. The first-order valence-corrected chi connectivity index (χ1v) is 7.45. The SMILES string of the molecule is COCCNC(=S)Nc1ccc(Sc2ncccn2)nc1. The second-order valence-electron chi connectivity index (χ2n) is 3.89. The number of thiocarbonyl (C=S) groups is 1. The molecule has 0 unspecified atom stereocenters. The summed E-state index contributed by atoms with van der Waals surface area (Å²) in [6.07, 6.45) is 5.13. The van der Waals surface area contributed by atoms with Gasteiger partial charge in [0.25, 0.3) is 0 Å². The van der Waals surface area contributed by atoms with Crippen LogP contribution in [-0.2, 0) is 4.74 Å². The van der Waals surface area contributed by atoms with E-state index in [4.69, 9.17) is 17.0 Å². The molecule has 0 fully saturated rings. The van der Waals surface area contributed by atoms with Crippen LogP contribution in [0.4, 0.5) is 5.69 Å². The highest BCUT2D eigenvalue weighted by molar-refractivity contribution is 7.99. The molecule has 0 bridgehead atoms. The summed E-state index contributed by atoms with van der Waals surface area (Å²) in [6.45, 7) is 1.27. The van der Waals surface area contributed by atoms with Crippen molar-refractivity contribution in [1.29, 1.82) is 0 Å².